The molecule has 0 bridgehead atoms. The van der Waals surface area contributed by atoms with Crippen LogP contribution < -0.4 is 5.73 Å². The molecule has 0 amide bonds. The minimum absolute atomic E-state index is 0.405. The molecular formula is C11H13BrN4. The summed E-state index contributed by atoms with van der Waals surface area (Å²) in [6, 6.07) is 8.07. The van der Waals surface area contributed by atoms with Crippen LogP contribution in [-0.2, 0) is 13.1 Å². The molecule has 5 heteroatoms. The van der Waals surface area contributed by atoms with E-state index >= 15 is 0 Å². The molecular weight excluding hydrogens is 268 g/mol. The second kappa shape index (κ2) is 4.76. The Balaban J connectivity index is 2.57. The normalized spacial score (nSPS) is 10.7. The lowest BCUT2D eigenvalue weighted by Crippen LogP contribution is -2.02. The van der Waals surface area contributed by atoms with E-state index in [2.05, 4.69) is 26.2 Å². The van der Waals surface area contributed by atoms with Crippen LogP contribution >= 0.6 is 15.9 Å². The van der Waals surface area contributed by atoms with Crippen molar-refractivity contribution in [3.63, 3.8) is 0 Å². The average Bonchev–Trinajstić information content (AvgIpc) is 2.71. The van der Waals surface area contributed by atoms with Crippen LogP contribution in [0.2, 0.25) is 0 Å². The summed E-state index contributed by atoms with van der Waals surface area (Å²) in [6.07, 6.45) is 0. The number of nitrogens with two attached hydrogens (primary N) is 1. The second-order valence-electron chi connectivity index (χ2n) is 3.41. The van der Waals surface area contributed by atoms with E-state index in [1.807, 2.05) is 35.9 Å². The summed E-state index contributed by atoms with van der Waals surface area (Å²) < 4.78 is 2.90. The maximum Gasteiger partial charge on any atom is 0.104 e. The third kappa shape index (κ3) is 2.01. The molecule has 1 heterocycles. The van der Waals surface area contributed by atoms with Gasteiger partial charge in [-0.05, 0) is 19.1 Å². The van der Waals surface area contributed by atoms with Crippen LogP contribution in [-0.4, -0.2) is 15.0 Å². The number of nitrogens with zero attached hydrogens (tertiary/aromatic N) is 3. The van der Waals surface area contributed by atoms with Gasteiger partial charge in [0.2, 0.25) is 0 Å². The van der Waals surface area contributed by atoms with Crippen molar-refractivity contribution in [2.45, 2.75) is 20.0 Å². The molecule has 16 heavy (non-hydrogen) atoms. The van der Waals surface area contributed by atoms with Crippen LogP contribution in [0.5, 0.6) is 0 Å². The van der Waals surface area contributed by atoms with Crippen molar-refractivity contribution in [3.05, 3.63) is 34.4 Å². The summed E-state index contributed by atoms with van der Waals surface area (Å²) in [7, 11) is 0. The van der Waals surface area contributed by atoms with Crippen LogP contribution in [0.25, 0.3) is 11.3 Å². The Bertz CT molecular complexity index is 471. The van der Waals surface area contributed by atoms with Gasteiger partial charge in [-0.1, -0.05) is 33.3 Å². The third-order valence-electron chi connectivity index (χ3n) is 2.40. The number of benzene rings is 1. The fraction of sp³-hybridized carbons (Fsp3) is 0.273. The first kappa shape index (κ1) is 11.3. The highest BCUT2D eigenvalue weighted by atomic mass is 79.9. The Morgan fingerprint density at radius 2 is 2.25 bits per heavy atom. The minimum atomic E-state index is 0.405. The van der Waals surface area contributed by atoms with Crippen LogP contribution in [0, 0.1) is 0 Å². The van der Waals surface area contributed by atoms with E-state index in [-0.39, 0.29) is 0 Å². The molecule has 2 aromatic rings. The topological polar surface area (TPSA) is 56.7 Å². The van der Waals surface area contributed by atoms with Crippen LogP contribution in [0.4, 0.5) is 0 Å². The number of hydrogen-bond acceptors (Lipinski definition) is 3. The number of aryl methyl sites for hydroxylation is 1. The highest BCUT2D eigenvalue weighted by Gasteiger charge is 2.12. The first-order chi connectivity index (χ1) is 7.76. The van der Waals surface area contributed by atoms with Gasteiger partial charge in [-0.25, -0.2) is 4.68 Å². The minimum Gasteiger partial charge on any atom is -0.325 e. The van der Waals surface area contributed by atoms with Gasteiger partial charge in [0.1, 0.15) is 5.69 Å². The Hall–Kier alpha value is -1.20. The Labute approximate surface area is 103 Å². The zero-order valence-corrected chi connectivity index (χ0v) is 10.6. The summed E-state index contributed by atoms with van der Waals surface area (Å²) in [5, 5.41) is 8.17. The molecule has 1 aromatic heterocycles. The molecule has 0 aliphatic carbocycles. The van der Waals surface area contributed by atoms with E-state index in [0.29, 0.717) is 6.54 Å². The van der Waals surface area contributed by atoms with Crippen molar-refractivity contribution < 1.29 is 0 Å². The lowest BCUT2D eigenvalue weighted by atomic mass is 10.1. The molecule has 84 valence electrons. The van der Waals surface area contributed by atoms with Gasteiger partial charge in [-0.2, -0.15) is 0 Å². The van der Waals surface area contributed by atoms with Gasteiger partial charge in [-0.3, -0.25) is 0 Å². The molecule has 1 aromatic carbocycles. The molecule has 0 atom stereocenters. The van der Waals surface area contributed by atoms with Gasteiger partial charge >= 0.3 is 0 Å². The molecule has 0 saturated heterocycles. The van der Waals surface area contributed by atoms with Crippen LogP contribution in [0.3, 0.4) is 0 Å². The molecule has 4 nitrogen and oxygen atoms in total. The number of halogens is 1. The maximum absolute atomic E-state index is 5.67. The smallest absolute Gasteiger partial charge is 0.104 e. The Kier molecular flexibility index (Phi) is 3.36. The van der Waals surface area contributed by atoms with Crippen molar-refractivity contribution in [1.29, 1.82) is 0 Å². The predicted octanol–water partition coefficient (Wildman–Crippen LogP) is 2.19. The van der Waals surface area contributed by atoms with E-state index in [4.69, 9.17) is 5.73 Å². The predicted molar refractivity (Wildman–Crippen MR) is 66.7 cm³/mol. The molecule has 2 N–H and O–H groups in total. The lowest BCUT2D eigenvalue weighted by molar-refractivity contribution is 0.632. The molecule has 0 saturated carbocycles. The number of rotatable bonds is 3. The second-order valence-corrected chi connectivity index (χ2v) is 4.33. The summed E-state index contributed by atoms with van der Waals surface area (Å²) in [5.74, 6) is 0. The zero-order valence-electron chi connectivity index (χ0n) is 9.02. The molecule has 0 aliphatic heterocycles. The average molecular weight is 281 g/mol. The van der Waals surface area contributed by atoms with E-state index in [1.165, 1.54) is 0 Å². The zero-order chi connectivity index (χ0) is 11.5. The Morgan fingerprint density at radius 1 is 1.44 bits per heavy atom. The quantitative estimate of drug-likeness (QED) is 0.938. The summed E-state index contributed by atoms with van der Waals surface area (Å²) >= 11 is 3.46. The molecule has 0 spiro atoms. The molecule has 0 fully saturated rings. The first-order valence-electron chi connectivity index (χ1n) is 5.14. The molecule has 0 aliphatic rings. The van der Waals surface area contributed by atoms with Crippen molar-refractivity contribution in [2.24, 2.45) is 5.73 Å². The van der Waals surface area contributed by atoms with Crippen LogP contribution in [0.15, 0.2) is 28.7 Å². The maximum atomic E-state index is 5.67. The molecule has 0 unspecified atom stereocenters. The van der Waals surface area contributed by atoms with Crippen LogP contribution in [0.1, 0.15) is 12.6 Å². The lowest BCUT2D eigenvalue weighted by Gasteiger charge is -2.05. The largest absolute Gasteiger partial charge is 0.325 e. The van der Waals surface area contributed by atoms with E-state index in [9.17, 15) is 0 Å². The summed E-state index contributed by atoms with van der Waals surface area (Å²) in [4.78, 5) is 0. The summed E-state index contributed by atoms with van der Waals surface area (Å²) in [5.41, 5.74) is 8.59. The number of hydrogen-bond donors (Lipinski definition) is 1. The van der Waals surface area contributed by atoms with Gasteiger partial charge in [0.05, 0.1) is 5.69 Å². The van der Waals surface area contributed by atoms with E-state index in [1.54, 1.807) is 0 Å². The van der Waals surface area contributed by atoms with E-state index < -0.39 is 0 Å². The van der Waals surface area contributed by atoms with Gasteiger partial charge in [0, 0.05) is 23.1 Å². The SMILES string of the molecule is CCn1nnc(CN)c1-c1cccc(Br)c1. The highest BCUT2D eigenvalue weighted by Crippen LogP contribution is 2.24. The highest BCUT2D eigenvalue weighted by molar-refractivity contribution is 9.10. The standard InChI is InChI=1S/C11H13BrN4/c1-2-16-11(10(7-13)14-15-16)8-4-3-5-9(12)6-8/h3-6H,2,7,13H2,1H3. The molecule has 0 radical (unpaired) electrons. The fourth-order valence-corrected chi connectivity index (χ4v) is 2.06. The van der Waals surface area contributed by atoms with Gasteiger partial charge in [-0.15, -0.1) is 5.10 Å². The third-order valence-corrected chi connectivity index (χ3v) is 2.89. The van der Waals surface area contributed by atoms with Crippen molar-refractivity contribution in [2.75, 3.05) is 0 Å². The Morgan fingerprint density at radius 3 is 2.88 bits per heavy atom. The van der Waals surface area contributed by atoms with Gasteiger partial charge in [0.15, 0.2) is 0 Å². The van der Waals surface area contributed by atoms with Gasteiger partial charge in [0.25, 0.3) is 0 Å². The fourth-order valence-electron chi connectivity index (χ4n) is 1.66. The number of aromatic nitrogens is 3. The van der Waals surface area contributed by atoms with Gasteiger partial charge < -0.3 is 5.73 Å². The first-order valence-corrected chi connectivity index (χ1v) is 5.94. The van der Waals surface area contributed by atoms with Crippen molar-refractivity contribution in [3.8, 4) is 11.3 Å². The molecule has 2 rings (SSSR count). The summed E-state index contributed by atoms with van der Waals surface area (Å²) in [6.45, 7) is 3.23. The monoisotopic (exact) mass is 280 g/mol. The van der Waals surface area contributed by atoms with E-state index in [0.717, 1.165) is 28.0 Å². The van der Waals surface area contributed by atoms with Crippen molar-refractivity contribution in [1.82, 2.24) is 15.0 Å². The van der Waals surface area contributed by atoms with Crippen molar-refractivity contribution >= 4 is 15.9 Å².